The van der Waals surface area contributed by atoms with Crippen molar-refractivity contribution in [1.82, 2.24) is 9.97 Å². The summed E-state index contributed by atoms with van der Waals surface area (Å²) in [5.41, 5.74) is 0.547. The van der Waals surface area contributed by atoms with Crippen molar-refractivity contribution < 1.29 is 8.78 Å². The van der Waals surface area contributed by atoms with E-state index >= 15 is 0 Å². The second-order valence-corrected chi connectivity index (χ2v) is 4.27. The molecule has 5 heteroatoms. The number of fused-ring (bicyclic) bond motifs is 1. The van der Waals surface area contributed by atoms with E-state index in [-0.39, 0.29) is 5.52 Å². The molecule has 2 aromatic heterocycles. The molecular weight excluding hydrogens is 230 g/mol. The van der Waals surface area contributed by atoms with Gasteiger partial charge >= 0.3 is 0 Å². The highest BCUT2D eigenvalue weighted by molar-refractivity contribution is 7.13. The normalized spacial score (nSPS) is 11.1. The first-order valence-corrected chi connectivity index (χ1v) is 5.51. The third-order valence-corrected chi connectivity index (χ3v) is 3.18. The van der Waals surface area contributed by atoms with Crippen LogP contribution in [0.2, 0.25) is 0 Å². The average molecular weight is 236 g/mol. The zero-order chi connectivity index (χ0) is 11.1. The van der Waals surface area contributed by atoms with Crippen LogP contribution in [-0.2, 0) is 0 Å². The minimum atomic E-state index is -0.906. The first-order valence-electron chi connectivity index (χ1n) is 4.63. The maximum atomic E-state index is 13.4. The average Bonchev–Trinajstić information content (AvgIpc) is 2.91. The fourth-order valence-electron chi connectivity index (χ4n) is 1.55. The molecule has 0 atom stereocenters. The number of aromatic nitrogens is 2. The van der Waals surface area contributed by atoms with Gasteiger partial charge in [-0.2, -0.15) is 0 Å². The fourth-order valence-corrected chi connectivity index (χ4v) is 2.22. The quantitative estimate of drug-likeness (QED) is 0.687. The van der Waals surface area contributed by atoms with Gasteiger partial charge in [-0.15, -0.1) is 11.3 Å². The number of benzene rings is 1. The highest BCUT2D eigenvalue weighted by atomic mass is 32.1. The number of thiophene rings is 1. The van der Waals surface area contributed by atoms with Crippen LogP contribution in [0.1, 0.15) is 0 Å². The number of rotatable bonds is 1. The Kier molecular flexibility index (Phi) is 2.00. The van der Waals surface area contributed by atoms with E-state index in [0.29, 0.717) is 11.3 Å². The number of hydrogen-bond acceptors (Lipinski definition) is 2. The summed E-state index contributed by atoms with van der Waals surface area (Å²) in [5.74, 6) is -1.22. The van der Waals surface area contributed by atoms with Gasteiger partial charge in [0.15, 0.2) is 11.6 Å². The zero-order valence-electron chi connectivity index (χ0n) is 8.00. The van der Waals surface area contributed by atoms with Crippen molar-refractivity contribution in [3.05, 3.63) is 41.3 Å². The van der Waals surface area contributed by atoms with Gasteiger partial charge < -0.3 is 4.98 Å². The molecule has 0 saturated carbocycles. The van der Waals surface area contributed by atoms with Crippen LogP contribution in [0.25, 0.3) is 21.7 Å². The van der Waals surface area contributed by atoms with Crippen molar-refractivity contribution in [2.24, 2.45) is 0 Å². The van der Waals surface area contributed by atoms with Crippen LogP contribution in [0.3, 0.4) is 0 Å². The summed E-state index contributed by atoms with van der Waals surface area (Å²) >= 11 is 1.49. The molecule has 0 aliphatic carbocycles. The van der Waals surface area contributed by atoms with Gasteiger partial charge in [0, 0.05) is 0 Å². The first-order chi connectivity index (χ1) is 7.75. The van der Waals surface area contributed by atoms with E-state index in [0.717, 1.165) is 10.9 Å². The van der Waals surface area contributed by atoms with Crippen LogP contribution in [0, 0.1) is 11.6 Å². The Morgan fingerprint density at radius 2 is 2.06 bits per heavy atom. The summed E-state index contributed by atoms with van der Waals surface area (Å²) in [7, 11) is 0. The monoisotopic (exact) mass is 236 g/mol. The third-order valence-electron chi connectivity index (χ3n) is 2.30. The van der Waals surface area contributed by atoms with Crippen molar-refractivity contribution in [2.75, 3.05) is 0 Å². The van der Waals surface area contributed by atoms with E-state index in [2.05, 4.69) is 9.97 Å². The molecule has 3 aromatic rings. The Labute approximate surface area is 93.6 Å². The lowest BCUT2D eigenvalue weighted by molar-refractivity contribution is 0.515. The van der Waals surface area contributed by atoms with Crippen molar-refractivity contribution in [3.8, 4) is 10.7 Å². The van der Waals surface area contributed by atoms with Gasteiger partial charge in [0.05, 0.1) is 10.4 Å². The summed E-state index contributed by atoms with van der Waals surface area (Å²) in [6.07, 6.45) is 0. The fraction of sp³-hybridized carbons (Fsp3) is 0. The predicted octanol–water partition coefficient (Wildman–Crippen LogP) is 3.57. The van der Waals surface area contributed by atoms with E-state index in [4.69, 9.17) is 0 Å². The molecule has 16 heavy (non-hydrogen) atoms. The number of nitrogens with one attached hydrogen (secondary N) is 1. The first kappa shape index (κ1) is 9.47. The van der Waals surface area contributed by atoms with Crippen molar-refractivity contribution >= 4 is 22.4 Å². The Hall–Kier alpha value is -1.75. The molecular formula is C11H6F2N2S. The molecule has 0 spiro atoms. The Balaban J connectivity index is 2.28. The van der Waals surface area contributed by atoms with Gasteiger partial charge in [-0.05, 0) is 23.6 Å². The number of halogens is 2. The molecule has 0 saturated heterocycles. The molecule has 0 unspecified atom stereocenters. The maximum absolute atomic E-state index is 13.4. The molecule has 1 N–H and O–H groups in total. The van der Waals surface area contributed by atoms with E-state index in [9.17, 15) is 8.78 Å². The Morgan fingerprint density at radius 3 is 2.81 bits per heavy atom. The minimum absolute atomic E-state index is 0.0448. The molecule has 3 rings (SSSR count). The summed E-state index contributed by atoms with van der Waals surface area (Å²) < 4.78 is 26.4. The number of nitrogens with zero attached hydrogens (tertiary/aromatic N) is 1. The molecule has 0 aliphatic heterocycles. The van der Waals surface area contributed by atoms with E-state index in [1.807, 2.05) is 17.5 Å². The molecule has 0 fully saturated rings. The second kappa shape index (κ2) is 3.38. The molecule has 0 radical (unpaired) electrons. The predicted molar refractivity (Wildman–Crippen MR) is 59.3 cm³/mol. The third kappa shape index (κ3) is 1.32. The SMILES string of the molecule is Fc1ccc2[nH]c(-c3cccs3)nc2c1F. The highest BCUT2D eigenvalue weighted by Crippen LogP contribution is 2.26. The standard InChI is InChI=1S/C11H6F2N2S/c12-6-3-4-7-10(9(6)13)15-11(14-7)8-2-1-5-16-8/h1-5H,(H,14,15). The second-order valence-electron chi connectivity index (χ2n) is 3.32. The molecule has 80 valence electrons. The van der Waals surface area contributed by atoms with E-state index in [1.54, 1.807) is 0 Å². The van der Waals surface area contributed by atoms with Gasteiger partial charge in [-0.25, -0.2) is 13.8 Å². The maximum Gasteiger partial charge on any atom is 0.186 e. The van der Waals surface area contributed by atoms with E-state index in [1.165, 1.54) is 17.4 Å². The van der Waals surface area contributed by atoms with Crippen LogP contribution in [0.15, 0.2) is 29.6 Å². The minimum Gasteiger partial charge on any atom is -0.337 e. The molecule has 1 aromatic carbocycles. The zero-order valence-corrected chi connectivity index (χ0v) is 8.81. The van der Waals surface area contributed by atoms with Crippen LogP contribution >= 0.6 is 11.3 Å². The smallest absolute Gasteiger partial charge is 0.186 e. The summed E-state index contributed by atoms with van der Waals surface area (Å²) in [6, 6.07) is 6.33. The van der Waals surface area contributed by atoms with Crippen LogP contribution in [0.5, 0.6) is 0 Å². The van der Waals surface area contributed by atoms with Crippen LogP contribution in [-0.4, -0.2) is 9.97 Å². The van der Waals surface area contributed by atoms with Crippen LogP contribution in [0.4, 0.5) is 8.78 Å². The Morgan fingerprint density at radius 1 is 1.19 bits per heavy atom. The molecule has 0 bridgehead atoms. The number of H-pyrrole nitrogens is 1. The Bertz CT molecular complexity index is 643. The van der Waals surface area contributed by atoms with Gasteiger partial charge in [-0.3, -0.25) is 0 Å². The van der Waals surface area contributed by atoms with Crippen molar-refractivity contribution in [1.29, 1.82) is 0 Å². The molecule has 2 nitrogen and oxygen atoms in total. The number of hydrogen-bond donors (Lipinski definition) is 1. The van der Waals surface area contributed by atoms with Crippen molar-refractivity contribution in [3.63, 3.8) is 0 Å². The highest BCUT2D eigenvalue weighted by Gasteiger charge is 2.12. The summed E-state index contributed by atoms with van der Waals surface area (Å²) in [4.78, 5) is 7.91. The van der Waals surface area contributed by atoms with Crippen molar-refractivity contribution in [2.45, 2.75) is 0 Å². The molecule has 0 aliphatic rings. The molecule has 0 amide bonds. The lowest BCUT2D eigenvalue weighted by atomic mass is 10.3. The topological polar surface area (TPSA) is 28.7 Å². The van der Waals surface area contributed by atoms with Gasteiger partial charge in [-0.1, -0.05) is 6.07 Å². The summed E-state index contributed by atoms with van der Waals surface area (Å²) in [6.45, 7) is 0. The summed E-state index contributed by atoms with van der Waals surface area (Å²) in [5, 5.41) is 1.90. The molecule has 2 heterocycles. The lowest BCUT2D eigenvalue weighted by Crippen LogP contribution is -1.84. The van der Waals surface area contributed by atoms with Crippen LogP contribution < -0.4 is 0 Å². The van der Waals surface area contributed by atoms with Gasteiger partial charge in [0.25, 0.3) is 0 Å². The number of aromatic amines is 1. The lowest BCUT2D eigenvalue weighted by Gasteiger charge is -1.91. The number of imidazole rings is 1. The van der Waals surface area contributed by atoms with E-state index < -0.39 is 11.6 Å². The largest absolute Gasteiger partial charge is 0.337 e. The van der Waals surface area contributed by atoms with Gasteiger partial charge in [0.1, 0.15) is 11.3 Å². The van der Waals surface area contributed by atoms with Gasteiger partial charge in [0.2, 0.25) is 0 Å².